The van der Waals surface area contributed by atoms with Crippen LogP contribution in [-0.2, 0) is 14.3 Å². The van der Waals surface area contributed by atoms with Gasteiger partial charge in [0.1, 0.15) is 0 Å². The van der Waals surface area contributed by atoms with Crippen molar-refractivity contribution in [1.29, 1.82) is 0 Å². The smallest absolute Gasteiger partial charge is 0.311 e. The van der Waals surface area contributed by atoms with Crippen molar-refractivity contribution in [2.75, 3.05) is 32.8 Å². The fourth-order valence-electron chi connectivity index (χ4n) is 1.11. The fraction of sp³-hybridized carbons (Fsp3) is 0.700. The molecule has 6 nitrogen and oxygen atoms in total. The van der Waals surface area contributed by atoms with Gasteiger partial charge in [0.2, 0.25) is 0 Å². The molecule has 7 heteroatoms. The summed E-state index contributed by atoms with van der Waals surface area (Å²) in [5.74, 6) is -1.29. The Kier molecular flexibility index (Phi) is 8.25. The molecule has 0 aromatic rings. The fourth-order valence-corrected chi connectivity index (χ4v) is 1.18. The van der Waals surface area contributed by atoms with E-state index in [1.54, 1.807) is 6.92 Å². The largest absolute Gasteiger partial charge is 0.392 e. The molecule has 0 rings (SSSR count). The van der Waals surface area contributed by atoms with Crippen LogP contribution in [0.2, 0.25) is 0 Å². The van der Waals surface area contributed by atoms with Crippen molar-refractivity contribution in [1.82, 2.24) is 10.2 Å². The second-order valence-electron chi connectivity index (χ2n) is 3.23. The van der Waals surface area contributed by atoms with E-state index in [4.69, 9.17) is 10.5 Å². The van der Waals surface area contributed by atoms with E-state index in [0.29, 0.717) is 26.3 Å². The minimum absolute atomic E-state index is 0.0307. The lowest BCUT2D eigenvalue weighted by atomic mass is 10.4. The van der Waals surface area contributed by atoms with Gasteiger partial charge in [-0.1, -0.05) is 12.2 Å². The number of hydrogen-bond donors (Lipinski definition) is 2. The number of amides is 2. The normalized spacial score (nSPS) is 9.76. The standard InChI is InChI=1S/C10H19N3O3S/c1-3-13(5-6-16-4-2)10(15)9(14)12-7-8(11)17/h3-7H2,1-2H3,(H2,11,17)(H,12,14). The Hall–Kier alpha value is -1.21. The van der Waals surface area contributed by atoms with E-state index in [-0.39, 0.29) is 11.5 Å². The van der Waals surface area contributed by atoms with Gasteiger partial charge in [-0.2, -0.15) is 0 Å². The van der Waals surface area contributed by atoms with Gasteiger partial charge in [-0.05, 0) is 13.8 Å². The Morgan fingerprint density at radius 3 is 2.53 bits per heavy atom. The third-order valence-corrected chi connectivity index (χ3v) is 2.14. The maximum absolute atomic E-state index is 11.7. The number of nitrogens with one attached hydrogen (secondary N) is 1. The van der Waals surface area contributed by atoms with Crippen LogP contribution in [-0.4, -0.2) is 54.6 Å². The Bertz CT molecular complexity index is 284. The number of thiocarbonyl (C=S) groups is 1. The highest BCUT2D eigenvalue weighted by Crippen LogP contribution is 1.91. The molecule has 0 fully saturated rings. The van der Waals surface area contributed by atoms with Crippen LogP contribution in [0.1, 0.15) is 13.8 Å². The molecule has 3 N–H and O–H groups in total. The lowest BCUT2D eigenvalue weighted by Crippen LogP contribution is -2.46. The molecule has 0 aromatic heterocycles. The monoisotopic (exact) mass is 261 g/mol. The minimum atomic E-state index is -0.698. The zero-order chi connectivity index (χ0) is 13.3. The van der Waals surface area contributed by atoms with Crippen LogP contribution in [0.5, 0.6) is 0 Å². The van der Waals surface area contributed by atoms with E-state index >= 15 is 0 Å². The highest BCUT2D eigenvalue weighted by molar-refractivity contribution is 7.80. The predicted molar refractivity (Wildman–Crippen MR) is 68.5 cm³/mol. The molecular weight excluding hydrogens is 242 g/mol. The maximum Gasteiger partial charge on any atom is 0.311 e. The number of likely N-dealkylation sites (N-methyl/N-ethyl adjacent to an activating group) is 1. The molecule has 0 aliphatic rings. The summed E-state index contributed by atoms with van der Waals surface area (Å²) in [7, 11) is 0. The van der Waals surface area contributed by atoms with Gasteiger partial charge in [0, 0.05) is 19.7 Å². The van der Waals surface area contributed by atoms with Crippen LogP contribution in [0.25, 0.3) is 0 Å². The molecule has 17 heavy (non-hydrogen) atoms. The Morgan fingerprint density at radius 1 is 1.41 bits per heavy atom. The van der Waals surface area contributed by atoms with Gasteiger partial charge in [0.05, 0.1) is 18.1 Å². The number of hydrogen-bond acceptors (Lipinski definition) is 4. The summed E-state index contributed by atoms with van der Waals surface area (Å²) >= 11 is 4.60. The molecular formula is C10H19N3O3S. The van der Waals surface area contributed by atoms with Crippen molar-refractivity contribution >= 4 is 29.0 Å². The molecule has 0 atom stereocenters. The van der Waals surface area contributed by atoms with Gasteiger partial charge in [0.25, 0.3) is 0 Å². The number of nitrogens with two attached hydrogens (primary N) is 1. The lowest BCUT2D eigenvalue weighted by Gasteiger charge is -2.19. The van der Waals surface area contributed by atoms with Gasteiger partial charge in [-0.25, -0.2) is 0 Å². The third kappa shape index (κ3) is 6.85. The van der Waals surface area contributed by atoms with Crippen molar-refractivity contribution < 1.29 is 14.3 Å². The van der Waals surface area contributed by atoms with Gasteiger partial charge < -0.3 is 20.7 Å². The summed E-state index contributed by atoms with van der Waals surface area (Å²) in [6.07, 6.45) is 0. The van der Waals surface area contributed by atoms with Gasteiger partial charge >= 0.3 is 11.8 Å². The van der Waals surface area contributed by atoms with Crippen LogP contribution in [0.15, 0.2) is 0 Å². The molecule has 0 aliphatic heterocycles. The molecule has 0 bridgehead atoms. The number of carbonyl (C=O) groups is 2. The first-order valence-corrected chi connectivity index (χ1v) is 5.86. The van der Waals surface area contributed by atoms with E-state index in [9.17, 15) is 9.59 Å². The third-order valence-electron chi connectivity index (χ3n) is 2.00. The van der Waals surface area contributed by atoms with E-state index in [0.717, 1.165) is 0 Å². The summed E-state index contributed by atoms with van der Waals surface area (Å²) in [6, 6.07) is 0. The van der Waals surface area contributed by atoms with Crippen LogP contribution in [0.4, 0.5) is 0 Å². The van der Waals surface area contributed by atoms with E-state index in [2.05, 4.69) is 17.5 Å². The van der Waals surface area contributed by atoms with Crippen molar-refractivity contribution in [2.24, 2.45) is 5.73 Å². The Labute approximate surface area is 106 Å². The van der Waals surface area contributed by atoms with E-state index < -0.39 is 11.8 Å². The first-order valence-electron chi connectivity index (χ1n) is 5.46. The summed E-state index contributed by atoms with van der Waals surface area (Å²) in [4.78, 5) is 24.6. The zero-order valence-corrected chi connectivity index (χ0v) is 11.0. The van der Waals surface area contributed by atoms with E-state index in [1.807, 2.05) is 6.92 Å². The maximum atomic E-state index is 11.7. The molecule has 0 heterocycles. The molecule has 0 unspecified atom stereocenters. The van der Waals surface area contributed by atoms with Gasteiger partial charge in [0.15, 0.2) is 0 Å². The zero-order valence-electron chi connectivity index (χ0n) is 10.2. The molecule has 0 aromatic carbocycles. The number of carbonyl (C=O) groups excluding carboxylic acids is 2. The number of ether oxygens (including phenoxy) is 1. The van der Waals surface area contributed by atoms with Crippen LogP contribution < -0.4 is 11.1 Å². The lowest BCUT2D eigenvalue weighted by molar-refractivity contribution is -0.146. The van der Waals surface area contributed by atoms with Crippen molar-refractivity contribution in [3.63, 3.8) is 0 Å². The molecule has 0 saturated carbocycles. The molecule has 0 saturated heterocycles. The van der Waals surface area contributed by atoms with Gasteiger partial charge in [-0.15, -0.1) is 0 Å². The average Bonchev–Trinajstić information content (AvgIpc) is 2.31. The summed E-state index contributed by atoms with van der Waals surface area (Å²) in [5.41, 5.74) is 5.22. The molecule has 2 amide bonds. The summed E-state index contributed by atoms with van der Waals surface area (Å²) in [6.45, 7) is 5.54. The van der Waals surface area contributed by atoms with Crippen LogP contribution in [0.3, 0.4) is 0 Å². The minimum Gasteiger partial charge on any atom is -0.392 e. The highest BCUT2D eigenvalue weighted by Gasteiger charge is 2.19. The van der Waals surface area contributed by atoms with E-state index in [1.165, 1.54) is 4.90 Å². The topological polar surface area (TPSA) is 84.7 Å². The SMILES string of the molecule is CCOCCN(CC)C(=O)C(=O)NCC(N)=S. The van der Waals surface area contributed by atoms with Crippen molar-refractivity contribution in [3.05, 3.63) is 0 Å². The van der Waals surface area contributed by atoms with Crippen molar-refractivity contribution in [2.45, 2.75) is 13.8 Å². The second kappa shape index (κ2) is 8.89. The first kappa shape index (κ1) is 15.8. The Morgan fingerprint density at radius 2 is 2.06 bits per heavy atom. The average molecular weight is 261 g/mol. The number of nitrogens with zero attached hydrogens (tertiary/aromatic N) is 1. The van der Waals surface area contributed by atoms with Crippen LogP contribution in [0, 0.1) is 0 Å². The van der Waals surface area contributed by atoms with Gasteiger partial charge in [-0.3, -0.25) is 9.59 Å². The molecule has 98 valence electrons. The molecule has 0 spiro atoms. The quantitative estimate of drug-likeness (QED) is 0.359. The summed E-state index contributed by atoms with van der Waals surface area (Å²) < 4.78 is 5.13. The first-order chi connectivity index (χ1) is 8.02. The molecule has 0 aliphatic carbocycles. The second-order valence-corrected chi connectivity index (χ2v) is 3.76. The molecule has 0 radical (unpaired) electrons. The predicted octanol–water partition coefficient (Wildman–Crippen LogP) is -0.726. The number of rotatable bonds is 7. The van der Waals surface area contributed by atoms with Crippen LogP contribution >= 0.6 is 12.2 Å². The Balaban J connectivity index is 4.13. The summed E-state index contributed by atoms with van der Waals surface area (Å²) in [5, 5.41) is 2.35. The highest BCUT2D eigenvalue weighted by atomic mass is 32.1. The van der Waals surface area contributed by atoms with Crippen molar-refractivity contribution in [3.8, 4) is 0 Å².